The number of rotatable bonds is 3. The molecule has 4 heteroatoms. The van der Waals surface area contributed by atoms with Gasteiger partial charge >= 0.3 is 6.01 Å². The average Bonchev–Trinajstić information content (AvgIpc) is 2.85. The largest absolute Gasteiger partial charge is 0.336 e. The van der Waals surface area contributed by atoms with Crippen molar-refractivity contribution in [3.05, 3.63) is 42.5 Å². The van der Waals surface area contributed by atoms with Crippen LogP contribution in [0.25, 0.3) is 22.2 Å². The maximum atomic E-state index is 5.21. The van der Waals surface area contributed by atoms with E-state index in [1.165, 1.54) is 5.39 Å². The highest BCUT2D eigenvalue weighted by atomic mass is 16.5. The molecule has 0 saturated heterocycles. The third-order valence-electron chi connectivity index (χ3n) is 2.87. The zero-order valence-electron chi connectivity index (χ0n) is 10.9. The molecule has 0 bridgehead atoms. The second kappa shape index (κ2) is 4.72. The van der Waals surface area contributed by atoms with Crippen LogP contribution in [0.3, 0.4) is 0 Å². The molecule has 0 amide bonds. The molecule has 19 heavy (non-hydrogen) atoms. The van der Waals surface area contributed by atoms with Gasteiger partial charge in [0.1, 0.15) is 0 Å². The summed E-state index contributed by atoms with van der Waals surface area (Å²) in [5.41, 5.74) is 0.985. The van der Waals surface area contributed by atoms with Gasteiger partial charge in [-0.2, -0.15) is 4.98 Å². The number of hydrogen-bond donors (Lipinski definition) is 1. The van der Waals surface area contributed by atoms with E-state index in [0.29, 0.717) is 11.8 Å². The quantitative estimate of drug-likeness (QED) is 0.773. The second-order valence-corrected chi connectivity index (χ2v) is 4.75. The van der Waals surface area contributed by atoms with Gasteiger partial charge in [-0.25, -0.2) is 0 Å². The molecule has 1 heterocycles. The summed E-state index contributed by atoms with van der Waals surface area (Å²) in [6.07, 6.45) is 0. The zero-order chi connectivity index (χ0) is 13.2. The molecular weight excluding hydrogens is 238 g/mol. The van der Waals surface area contributed by atoms with Crippen molar-refractivity contribution in [1.82, 2.24) is 10.1 Å². The predicted octanol–water partition coefficient (Wildman–Crippen LogP) is 3.71. The van der Waals surface area contributed by atoms with Crippen LogP contribution in [0.1, 0.15) is 13.8 Å². The lowest BCUT2D eigenvalue weighted by Crippen LogP contribution is -2.09. The first kappa shape index (κ1) is 11.7. The number of anilines is 1. The number of fused-ring (bicyclic) bond motifs is 1. The van der Waals surface area contributed by atoms with Crippen molar-refractivity contribution >= 4 is 16.8 Å². The minimum Gasteiger partial charge on any atom is -0.336 e. The molecule has 0 aliphatic rings. The zero-order valence-corrected chi connectivity index (χ0v) is 10.9. The first-order valence-electron chi connectivity index (χ1n) is 6.32. The van der Waals surface area contributed by atoms with Gasteiger partial charge in [0, 0.05) is 11.6 Å². The van der Waals surface area contributed by atoms with Gasteiger partial charge in [-0.1, -0.05) is 47.6 Å². The van der Waals surface area contributed by atoms with Crippen LogP contribution in [0.4, 0.5) is 6.01 Å². The third kappa shape index (κ3) is 2.29. The van der Waals surface area contributed by atoms with Gasteiger partial charge in [0.25, 0.3) is 0 Å². The van der Waals surface area contributed by atoms with E-state index in [-0.39, 0.29) is 6.04 Å². The summed E-state index contributed by atoms with van der Waals surface area (Å²) in [6, 6.07) is 15.0. The normalized spacial score (nSPS) is 11.1. The molecule has 0 aliphatic heterocycles. The Bertz CT molecular complexity index is 698. The predicted molar refractivity (Wildman–Crippen MR) is 76.0 cm³/mol. The van der Waals surface area contributed by atoms with Gasteiger partial charge in [-0.05, 0) is 24.6 Å². The van der Waals surface area contributed by atoms with E-state index < -0.39 is 0 Å². The van der Waals surface area contributed by atoms with Gasteiger partial charge < -0.3 is 9.84 Å². The maximum Gasteiger partial charge on any atom is 0.321 e. The van der Waals surface area contributed by atoms with Crippen LogP contribution >= 0.6 is 0 Å². The fourth-order valence-electron chi connectivity index (χ4n) is 2.06. The van der Waals surface area contributed by atoms with Crippen LogP contribution in [0.15, 0.2) is 47.0 Å². The van der Waals surface area contributed by atoms with Crippen molar-refractivity contribution in [3.63, 3.8) is 0 Å². The first-order chi connectivity index (χ1) is 9.24. The molecule has 3 aromatic rings. The Hall–Kier alpha value is -2.36. The lowest BCUT2D eigenvalue weighted by atomic mass is 10.0. The van der Waals surface area contributed by atoms with E-state index >= 15 is 0 Å². The van der Waals surface area contributed by atoms with Gasteiger partial charge in [-0.3, -0.25) is 0 Å². The second-order valence-electron chi connectivity index (χ2n) is 4.75. The summed E-state index contributed by atoms with van der Waals surface area (Å²) < 4.78 is 5.21. The lowest BCUT2D eigenvalue weighted by molar-refractivity contribution is 0.429. The Kier molecular flexibility index (Phi) is 2.91. The van der Waals surface area contributed by atoms with E-state index in [1.54, 1.807) is 0 Å². The molecule has 2 aromatic carbocycles. The summed E-state index contributed by atoms with van der Waals surface area (Å²) in [6.45, 7) is 4.06. The molecular formula is C15H15N3O. The molecule has 96 valence electrons. The van der Waals surface area contributed by atoms with Gasteiger partial charge in [0.15, 0.2) is 0 Å². The van der Waals surface area contributed by atoms with Crippen LogP contribution in [-0.4, -0.2) is 16.2 Å². The monoisotopic (exact) mass is 253 g/mol. The summed E-state index contributed by atoms with van der Waals surface area (Å²) in [5, 5.41) is 9.44. The van der Waals surface area contributed by atoms with Crippen LogP contribution in [0.2, 0.25) is 0 Å². The first-order valence-corrected chi connectivity index (χ1v) is 6.32. The minimum absolute atomic E-state index is 0.265. The molecule has 4 nitrogen and oxygen atoms in total. The Morgan fingerprint density at radius 2 is 1.84 bits per heavy atom. The molecule has 0 fully saturated rings. The van der Waals surface area contributed by atoms with Crippen LogP contribution in [0, 0.1) is 0 Å². The Morgan fingerprint density at radius 1 is 1.05 bits per heavy atom. The van der Waals surface area contributed by atoms with E-state index in [9.17, 15) is 0 Å². The van der Waals surface area contributed by atoms with Crippen molar-refractivity contribution < 1.29 is 4.52 Å². The van der Waals surface area contributed by atoms with E-state index in [4.69, 9.17) is 4.52 Å². The molecule has 3 rings (SSSR count). The van der Waals surface area contributed by atoms with Gasteiger partial charge in [-0.15, -0.1) is 0 Å². The van der Waals surface area contributed by atoms with Crippen molar-refractivity contribution in [2.24, 2.45) is 0 Å². The van der Waals surface area contributed by atoms with E-state index in [1.807, 2.05) is 38.1 Å². The average molecular weight is 253 g/mol. The number of nitrogens with zero attached hydrogens (tertiary/aromatic N) is 2. The van der Waals surface area contributed by atoms with E-state index in [0.717, 1.165) is 10.9 Å². The molecule has 1 aromatic heterocycles. The van der Waals surface area contributed by atoms with Crippen LogP contribution < -0.4 is 5.32 Å². The molecule has 0 atom stereocenters. The SMILES string of the molecule is CC(C)Nc1nc(-c2cccc3ccccc23)no1. The van der Waals surface area contributed by atoms with Gasteiger partial charge in [0.05, 0.1) is 0 Å². The van der Waals surface area contributed by atoms with Crippen LogP contribution in [-0.2, 0) is 0 Å². The third-order valence-corrected chi connectivity index (χ3v) is 2.87. The van der Waals surface area contributed by atoms with Crippen LogP contribution in [0.5, 0.6) is 0 Å². The Labute approximate surface area is 111 Å². The summed E-state index contributed by atoms with van der Waals surface area (Å²) in [5.74, 6) is 0.611. The van der Waals surface area contributed by atoms with Gasteiger partial charge in [0.2, 0.25) is 5.82 Å². The molecule has 0 aliphatic carbocycles. The molecule has 0 radical (unpaired) electrons. The number of benzene rings is 2. The molecule has 0 unspecified atom stereocenters. The smallest absolute Gasteiger partial charge is 0.321 e. The number of nitrogens with one attached hydrogen (secondary N) is 1. The minimum atomic E-state index is 0.265. The number of aromatic nitrogens is 2. The highest BCUT2D eigenvalue weighted by Crippen LogP contribution is 2.27. The van der Waals surface area contributed by atoms with Crippen molar-refractivity contribution in [2.45, 2.75) is 19.9 Å². The standard InChI is InChI=1S/C15H15N3O/c1-10(2)16-15-17-14(18-19-15)13-9-5-7-11-6-3-4-8-12(11)13/h3-10H,1-2H3,(H,16,17,18). The van der Waals surface area contributed by atoms with Crippen molar-refractivity contribution in [1.29, 1.82) is 0 Å². The fraction of sp³-hybridized carbons (Fsp3) is 0.200. The highest BCUT2D eigenvalue weighted by molar-refractivity contribution is 5.94. The van der Waals surface area contributed by atoms with Crippen molar-refractivity contribution in [3.8, 4) is 11.4 Å². The summed E-state index contributed by atoms with van der Waals surface area (Å²) >= 11 is 0. The van der Waals surface area contributed by atoms with E-state index in [2.05, 4.69) is 33.7 Å². The Morgan fingerprint density at radius 3 is 2.68 bits per heavy atom. The maximum absolute atomic E-state index is 5.21. The molecule has 1 N–H and O–H groups in total. The van der Waals surface area contributed by atoms with Crippen molar-refractivity contribution in [2.75, 3.05) is 5.32 Å². The number of hydrogen-bond acceptors (Lipinski definition) is 4. The topological polar surface area (TPSA) is 51.0 Å². The summed E-state index contributed by atoms with van der Waals surface area (Å²) in [7, 11) is 0. The molecule has 0 spiro atoms. The highest BCUT2D eigenvalue weighted by Gasteiger charge is 2.11. The summed E-state index contributed by atoms with van der Waals surface area (Å²) in [4.78, 5) is 4.38. The molecule has 0 saturated carbocycles. The Balaban J connectivity index is 2.06. The lowest BCUT2D eigenvalue weighted by Gasteiger charge is -2.02. The fourth-order valence-corrected chi connectivity index (χ4v) is 2.06.